The van der Waals surface area contributed by atoms with Crippen molar-refractivity contribution in [2.24, 2.45) is 5.73 Å². The van der Waals surface area contributed by atoms with Gasteiger partial charge in [0.1, 0.15) is 6.61 Å². The number of aldehydes is 1. The van der Waals surface area contributed by atoms with E-state index in [1.165, 1.54) is 0 Å². The van der Waals surface area contributed by atoms with Crippen molar-refractivity contribution in [1.29, 1.82) is 0 Å². The first-order valence-electron chi connectivity index (χ1n) is 8.22. The van der Waals surface area contributed by atoms with Crippen LogP contribution >= 0.6 is 0 Å². The summed E-state index contributed by atoms with van der Waals surface area (Å²) in [5, 5.41) is 0. The van der Waals surface area contributed by atoms with Crippen LogP contribution in [0.3, 0.4) is 0 Å². The molecule has 1 aromatic heterocycles. The van der Waals surface area contributed by atoms with Gasteiger partial charge >= 0.3 is 0 Å². The molecule has 0 bridgehead atoms. The second kappa shape index (κ2) is 9.72. The molecule has 6 heteroatoms. The molecular formula is C21H20N2O4. The number of benzene rings is 2. The van der Waals surface area contributed by atoms with E-state index < -0.39 is 5.91 Å². The van der Waals surface area contributed by atoms with Crippen molar-refractivity contribution in [3.8, 4) is 11.4 Å². The molecule has 0 saturated carbocycles. The minimum atomic E-state index is -0.926. The number of hydrogen-bond acceptors (Lipinski definition) is 4. The third kappa shape index (κ3) is 5.67. The first-order chi connectivity index (χ1) is 13.0. The van der Waals surface area contributed by atoms with E-state index in [-0.39, 0.29) is 11.7 Å². The summed E-state index contributed by atoms with van der Waals surface area (Å²) < 4.78 is 7.74. The zero-order valence-electron chi connectivity index (χ0n) is 14.9. The molecule has 1 amide bonds. The molecule has 0 aliphatic rings. The Morgan fingerprint density at radius 1 is 1.04 bits per heavy atom. The first kappa shape index (κ1) is 19.7. The van der Waals surface area contributed by atoms with Crippen LogP contribution in [0.1, 0.15) is 11.3 Å². The molecule has 2 N–H and O–H groups in total. The van der Waals surface area contributed by atoms with E-state index in [1.807, 2.05) is 72.2 Å². The summed E-state index contributed by atoms with van der Waals surface area (Å²) >= 11 is 0. The molecule has 0 spiro atoms. The number of carbonyl (C=O) groups excluding carboxylic acids is 2. The van der Waals surface area contributed by atoms with E-state index in [2.05, 4.69) is 5.73 Å². The zero-order chi connectivity index (χ0) is 19.6. The maximum Gasteiger partial charge on any atom is 0.281 e. The molecule has 6 nitrogen and oxygen atoms in total. The van der Waals surface area contributed by atoms with Gasteiger partial charge < -0.3 is 15.0 Å². The summed E-state index contributed by atoms with van der Waals surface area (Å²) in [5.74, 6) is -0.528. The van der Waals surface area contributed by atoms with Gasteiger partial charge in [-0.25, -0.2) is 0 Å². The number of aromatic nitrogens is 1. The summed E-state index contributed by atoms with van der Waals surface area (Å²) in [4.78, 5) is 30.4. The molecule has 0 saturated heterocycles. The zero-order valence-corrected chi connectivity index (χ0v) is 14.9. The topological polar surface area (TPSA) is 91.4 Å². The molecular weight excluding hydrogens is 344 g/mol. The van der Waals surface area contributed by atoms with Gasteiger partial charge in [-0.3, -0.25) is 14.4 Å². The van der Waals surface area contributed by atoms with E-state index in [4.69, 9.17) is 9.53 Å². The van der Waals surface area contributed by atoms with E-state index in [9.17, 15) is 9.59 Å². The molecule has 2 aromatic carbocycles. The molecule has 27 heavy (non-hydrogen) atoms. The van der Waals surface area contributed by atoms with Gasteiger partial charge in [0, 0.05) is 18.0 Å². The van der Waals surface area contributed by atoms with Crippen LogP contribution in [0.5, 0.6) is 5.75 Å². The normalized spacial score (nSPS) is 9.67. The lowest BCUT2D eigenvalue weighted by atomic mass is 10.2. The van der Waals surface area contributed by atoms with Gasteiger partial charge in [0.25, 0.3) is 5.91 Å². The van der Waals surface area contributed by atoms with Crippen molar-refractivity contribution in [1.82, 2.24) is 4.57 Å². The number of carbonyl (C=O) groups is 2. The Labute approximate surface area is 156 Å². The highest BCUT2D eigenvalue weighted by atomic mass is 16.5. The molecule has 3 rings (SSSR count). The molecule has 0 fully saturated rings. The summed E-state index contributed by atoms with van der Waals surface area (Å²) in [6.07, 6.45) is 1.84. The predicted molar refractivity (Wildman–Crippen MR) is 103 cm³/mol. The minimum absolute atomic E-state index is 0.0556. The number of nitrogens with two attached hydrogens (primary N) is 1. The smallest absolute Gasteiger partial charge is 0.281 e. The lowest BCUT2D eigenvalue weighted by Crippen LogP contribution is -2.14. The molecule has 0 radical (unpaired) electrons. The summed E-state index contributed by atoms with van der Waals surface area (Å²) in [7, 11) is 0. The molecule has 0 aliphatic heterocycles. The Balaban J connectivity index is 0.000000465. The van der Waals surface area contributed by atoms with Gasteiger partial charge in [0.15, 0.2) is 5.75 Å². The van der Waals surface area contributed by atoms with Gasteiger partial charge in [-0.05, 0) is 24.6 Å². The molecule has 0 aliphatic carbocycles. The van der Waals surface area contributed by atoms with Crippen LogP contribution in [0.4, 0.5) is 0 Å². The van der Waals surface area contributed by atoms with Crippen LogP contribution in [-0.4, -0.2) is 16.8 Å². The summed E-state index contributed by atoms with van der Waals surface area (Å²) in [5.41, 5.74) is 7.03. The quantitative estimate of drug-likeness (QED) is 0.556. The van der Waals surface area contributed by atoms with Crippen LogP contribution in [0.2, 0.25) is 0 Å². The minimum Gasteiger partial charge on any atom is -0.483 e. The lowest BCUT2D eigenvalue weighted by Gasteiger charge is -2.15. The van der Waals surface area contributed by atoms with Crippen LogP contribution in [-0.2, 0) is 16.2 Å². The van der Waals surface area contributed by atoms with Gasteiger partial charge in [-0.1, -0.05) is 48.5 Å². The van der Waals surface area contributed by atoms with Gasteiger partial charge in [0.05, 0.1) is 5.69 Å². The number of nitrogens with zero attached hydrogens (tertiary/aromatic N) is 1. The Morgan fingerprint density at radius 3 is 2.15 bits per heavy atom. The van der Waals surface area contributed by atoms with Gasteiger partial charge in [0.2, 0.25) is 11.7 Å². The van der Waals surface area contributed by atoms with E-state index >= 15 is 0 Å². The third-order valence-corrected chi connectivity index (χ3v) is 3.67. The highest BCUT2D eigenvalue weighted by Crippen LogP contribution is 2.18. The number of rotatable bonds is 5. The fourth-order valence-corrected chi connectivity index (χ4v) is 2.39. The van der Waals surface area contributed by atoms with E-state index in [0.717, 1.165) is 16.9 Å². The van der Waals surface area contributed by atoms with Gasteiger partial charge in [-0.15, -0.1) is 0 Å². The number of hydrogen-bond donors (Lipinski definition) is 1. The predicted octanol–water partition coefficient (Wildman–Crippen LogP) is 2.40. The van der Waals surface area contributed by atoms with Crippen molar-refractivity contribution in [2.75, 3.05) is 0 Å². The summed E-state index contributed by atoms with van der Waals surface area (Å²) in [6.45, 7) is 2.28. The molecule has 0 atom stereocenters. The van der Waals surface area contributed by atoms with Crippen LogP contribution in [0.25, 0.3) is 5.69 Å². The van der Waals surface area contributed by atoms with Crippen LogP contribution < -0.4 is 15.9 Å². The number of primary amides is 1. The van der Waals surface area contributed by atoms with Gasteiger partial charge in [-0.2, -0.15) is 0 Å². The largest absolute Gasteiger partial charge is 0.483 e. The fourth-order valence-electron chi connectivity index (χ4n) is 2.39. The number of amides is 1. The molecule has 3 aromatic rings. The lowest BCUT2D eigenvalue weighted by molar-refractivity contribution is -0.129. The average Bonchev–Trinajstić information content (AvgIpc) is 2.70. The standard InChI is InChI=1S/C19H17NO2.C2H3NO2/c1-15-19(22-14-16-8-4-2-5-9-16)18(21)12-13-20(15)17-10-6-3-7-11-17;3-2(5)1-4/h2-13H,14H2,1H3;1H,(H2,3,5). The number of para-hydroxylation sites is 1. The monoisotopic (exact) mass is 364 g/mol. The highest BCUT2D eigenvalue weighted by Gasteiger charge is 2.10. The van der Waals surface area contributed by atoms with E-state index in [1.54, 1.807) is 12.3 Å². The second-order valence-electron chi connectivity index (χ2n) is 5.59. The van der Waals surface area contributed by atoms with Crippen molar-refractivity contribution >= 4 is 12.2 Å². The van der Waals surface area contributed by atoms with Crippen molar-refractivity contribution in [3.63, 3.8) is 0 Å². The Bertz CT molecular complexity index is 951. The molecule has 1 heterocycles. The maximum absolute atomic E-state index is 12.1. The van der Waals surface area contributed by atoms with Crippen LogP contribution in [0, 0.1) is 6.92 Å². The summed E-state index contributed by atoms with van der Waals surface area (Å²) in [6, 6.07) is 21.3. The Hall–Kier alpha value is -3.67. The van der Waals surface area contributed by atoms with E-state index in [0.29, 0.717) is 12.4 Å². The Morgan fingerprint density at radius 2 is 1.59 bits per heavy atom. The van der Waals surface area contributed by atoms with Crippen molar-refractivity contribution < 1.29 is 14.3 Å². The first-order valence-corrected chi connectivity index (χ1v) is 8.22. The molecule has 138 valence electrons. The Kier molecular flexibility index (Phi) is 7.07. The highest BCUT2D eigenvalue weighted by molar-refractivity contribution is 6.22. The SMILES string of the molecule is Cc1c(OCc2ccccc2)c(=O)ccn1-c1ccccc1.NC(=O)C=O. The second-order valence-corrected chi connectivity index (χ2v) is 5.59. The maximum atomic E-state index is 12.1. The third-order valence-electron chi connectivity index (χ3n) is 3.67. The van der Waals surface area contributed by atoms with Crippen LogP contribution in [0.15, 0.2) is 77.7 Å². The average molecular weight is 364 g/mol. The number of pyridine rings is 1. The fraction of sp³-hybridized carbons (Fsp3) is 0.0952. The van der Waals surface area contributed by atoms with Crippen molar-refractivity contribution in [3.05, 3.63) is 94.4 Å². The molecule has 0 unspecified atom stereocenters. The number of ether oxygens (including phenoxy) is 1. The van der Waals surface area contributed by atoms with Crippen molar-refractivity contribution in [2.45, 2.75) is 13.5 Å².